The summed E-state index contributed by atoms with van der Waals surface area (Å²) >= 11 is 0. The molecule has 0 atom stereocenters. The van der Waals surface area contributed by atoms with Gasteiger partial charge in [0.15, 0.2) is 0 Å². The van der Waals surface area contributed by atoms with Crippen LogP contribution in [-0.2, 0) is 0 Å². The fraction of sp³-hybridized carbons (Fsp3) is 0.429. The van der Waals surface area contributed by atoms with Gasteiger partial charge in [0.1, 0.15) is 0 Å². The van der Waals surface area contributed by atoms with E-state index < -0.39 is 0 Å². The summed E-state index contributed by atoms with van der Waals surface area (Å²) in [5.41, 5.74) is 0. The smallest absolute Gasteiger partial charge is 0.0187 e. The van der Waals surface area contributed by atoms with E-state index in [0.29, 0.717) is 0 Å². The minimum absolute atomic E-state index is 1.14. The van der Waals surface area contributed by atoms with Crippen LogP contribution in [-0.4, -0.2) is 0 Å². The van der Waals surface area contributed by atoms with Gasteiger partial charge in [0, 0.05) is 0 Å². The highest BCUT2D eigenvalue weighted by Gasteiger charge is 1.83. The molecule has 0 unspecified atom stereocenters. The summed E-state index contributed by atoms with van der Waals surface area (Å²) < 4.78 is 0. The maximum absolute atomic E-state index is 3.13. The van der Waals surface area contributed by atoms with Crippen LogP contribution in [0.3, 0.4) is 0 Å². The van der Waals surface area contributed by atoms with Crippen molar-refractivity contribution in [2.45, 2.75) is 38.5 Å². The zero-order valence-corrected chi connectivity index (χ0v) is 8.78. The Bertz CT molecular complexity index is 228. The summed E-state index contributed by atoms with van der Waals surface area (Å²) in [4.78, 5) is 0. The van der Waals surface area contributed by atoms with Crippen LogP contribution in [0.1, 0.15) is 38.5 Å². The van der Waals surface area contributed by atoms with Gasteiger partial charge in [-0.25, -0.2) is 0 Å². The Morgan fingerprint density at radius 3 is 2.36 bits per heavy atom. The van der Waals surface area contributed by atoms with Gasteiger partial charge in [-0.3, -0.25) is 0 Å². The van der Waals surface area contributed by atoms with E-state index in [1.807, 2.05) is 12.2 Å². The van der Waals surface area contributed by atoms with E-state index in [4.69, 9.17) is 0 Å². The molecule has 0 aromatic rings. The summed E-state index contributed by atoms with van der Waals surface area (Å²) in [5.74, 6) is 0. The average molecular weight is 187 g/mol. The van der Waals surface area contributed by atoms with Gasteiger partial charge in [0.25, 0.3) is 0 Å². The molecular weight excluding hydrogens is 168 g/mol. The molecule has 75 valence electrons. The first-order valence-electron chi connectivity index (χ1n) is 5.54. The summed E-state index contributed by atoms with van der Waals surface area (Å²) in [5, 5.41) is 0. The largest absolute Gasteiger partial charge is 0.0885 e. The topological polar surface area (TPSA) is 0 Å². The monoisotopic (exact) mass is 187 g/mol. The van der Waals surface area contributed by atoms with Crippen LogP contribution in [0.15, 0.2) is 42.5 Å². The summed E-state index contributed by atoms with van der Waals surface area (Å²) in [7, 11) is 0. The van der Waals surface area contributed by atoms with Crippen molar-refractivity contribution in [3.05, 3.63) is 48.6 Å². The van der Waals surface area contributed by atoms with Gasteiger partial charge in [-0.2, -0.15) is 0 Å². The Hall–Kier alpha value is -1.04. The van der Waals surface area contributed by atoms with Crippen LogP contribution >= 0.6 is 0 Å². The highest BCUT2D eigenvalue weighted by atomic mass is 13.9. The van der Waals surface area contributed by atoms with Crippen LogP contribution in [0.4, 0.5) is 0 Å². The quantitative estimate of drug-likeness (QED) is 0.494. The van der Waals surface area contributed by atoms with Gasteiger partial charge in [-0.05, 0) is 44.6 Å². The first kappa shape index (κ1) is 11.0. The van der Waals surface area contributed by atoms with E-state index in [9.17, 15) is 0 Å². The zero-order valence-electron chi connectivity index (χ0n) is 8.78. The SMILES string of the molecule is [C]1=C/C=C\CC/C=C\CCCC/C=C/1. The third-order valence-corrected chi connectivity index (χ3v) is 2.20. The highest BCUT2D eigenvalue weighted by Crippen LogP contribution is 2.03. The van der Waals surface area contributed by atoms with Crippen LogP contribution in [0.2, 0.25) is 0 Å². The molecule has 0 N–H and O–H groups in total. The van der Waals surface area contributed by atoms with Crippen molar-refractivity contribution in [2.24, 2.45) is 0 Å². The van der Waals surface area contributed by atoms with Crippen molar-refractivity contribution in [1.29, 1.82) is 0 Å². The lowest BCUT2D eigenvalue weighted by molar-refractivity contribution is 0.760. The second-order valence-corrected chi connectivity index (χ2v) is 3.50. The second kappa shape index (κ2) is 8.55. The zero-order chi connectivity index (χ0) is 9.90. The molecule has 0 heteroatoms. The first-order chi connectivity index (χ1) is 7.00. The molecule has 0 saturated heterocycles. The molecule has 1 aliphatic rings. The molecule has 0 spiro atoms. The minimum Gasteiger partial charge on any atom is -0.0885 e. The minimum atomic E-state index is 1.14. The normalized spacial score (nSPS) is 28.6. The molecule has 14 heavy (non-hydrogen) atoms. The van der Waals surface area contributed by atoms with Gasteiger partial charge in [0.2, 0.25) is 0 Å². The third-order valence-electron chi connectivity index (χ3n) is 2.20. The Morgan fingerprint density at radius 2 is 1.43 bits per heavy atom. The summed E-state index contributed by atoms with van der Waals surface area (Å²) in [6.07, 6.45) is 25.5. The van der Waals surface area contributed by atoms with Crippen LogP contribution < -0.4 is 0 Å². The molecule has 0 fully saturated rings. The molecule has 0 bridgehead atoms. The van der Waals surface area contributed by atoms with Crippen molar-refractivity contribution in [2.75, 3.05) is 0 Å². The highest BCUT2D eigenvalue weighted by molar-refractivity contribution is 5.06. The van der Waals surface area contributed by atoms with E-state index in [1.54, 1.807) is 0 Å². The maximum Gasteiger partial charge on any atom is -0.0187 e. The van der Waals surface area contributed by atoms with Crippen molar-refractivity contribution in [1.82, 2.24) is 0 Å². The van der Waals surface area contributed by atoms with Crippen molar-refractivity contribution >= 4 is 0 Å². The lowest BCUT2D eigenvalue weighted by Gasteiger charge is -1.93. The van der Waals surface area contributed by atoms with Crippen molar-refractivity contribution in [3.63, 3.8) is 0 Å². The molecule has 0 amide bonds. The molecule has 0 aliphatic heterocycles. The fourth-order valence-electron chi connectivity index (χ4n) is 1.38. The first-order valence-corrected chi connectivity index (χ1v) is 5.54. The Balaban J connectivity index is 2.35. The molecule has 0 saturated carbocycles. The molecule has 0 nitrogen and oxygen atoms in total. The van der Waals surface area contributed by atoms with Crippen molar-refractivity contribution < 1.29 is 0 Å². The lowest BCUT2D eigenvalue weighted by Crippen LogP contribution is -1.73. The average Bonchev–Trinajstić information content (AvgIpc) is 2.22. The molecule has 0 heterocycles. The number of hydrogen-bond acceptors (Lipinski definition) is 0. The number of rotatable bonds is 0. The van der Waals surface area contributed by atoms with E-state index in [-0.39, 0.29) is 0 Å². The van der Waals surface area contributed by atoms with E-state index >= 15 is 0 Å². The standard InChI is InChI=1S/C14H19/c1-2-4-6-8-10-12-14-13-11-9-7-5-3-1/h1-3,7-10H,4,6,11-14H2/b2-1-,5-3?,9-7+,10-8-. The fourth-order valence-corrected chi connectivity index (χ4v) is 1.38. The van der Waals surface area contributed by atoms with Gasteiger partial charge >= 0.3 is 0 Å². The van der Waals surface area contributed by atoms with Crippen LogP contribution in [0.5, 0.6) is 0 Å². The van der Waals surface area contributed by atoms with E-state index in [2.05, 4.69) is 36.5 Å². The van der Waals surface area contributed by atoms with Crippen LogP contribution in [0, 0.1) is 6.08 Å². The van der Waals surface area contributed by atoms with Crippen molar-refractivity contribution in [3.8, 4) is 0 Å². The van der Waals surface area contributed by atoms with Gasteiger partial charge in [0.05, 0.1) is 0 Å². The van der Waals surface area contributed by atoms with Gasteiger partial charge in [-0.1, -0.05) is 42.5 Å². The molecule has 1 rings (SSSR count). The molecular formula is C14H19. The van der Waals surface area contributed by atoms with Gasteiger partial charge < -0.3 is 0 Å². The van der Waals surface area contributed by atoms with Gasteiger partial charge in [-0.15, -0.1) is 0 Å². The third kappa shape index (κ3) is 6.47. The number of allylic oxidation sites excluding steroid dienone is 8. The van der Waals surface area contributed by atoms with E-state index in [1.165, 1.54) is 32.1 Å². The Labute approximate surface area is 87.7 Å². The number of hydrogen-bond donors (Lipinski definition) is 0. The lowest BCUT2D eigenvalue weighted by atomic mass is 10.1. The second-order valence-electron chi connectivity index (χ2n) is 3.50. The Kier molecular flexibility index (Phi) is 6.74. The molecule has 1 radical (unpaired) electrons. The Morgan fingerprint density at radius 1 is 0.714 bits per heavy atom. The molecule has 0 aromatic carbocycles. The predicted molar refractivity (Wildman–Crippen MR) is 62.9 cm³/mol. The summed E-state index contributed by atoms with van der Waals surface area (Å²) in [6, 6.07) is 0. The molecule has 0 aromatic heterocycles. The predicted octanol–water partition coefficient (Wildman–Crippen LogP) is 4.37. The summed E-state index contributed by atoms with van der Waals surface area (Å²) in [6.45, 7) is 0. The van der Waals surface area contributed by atoms with E-state index in [0.717, 1.165) is 6.42 Å². The van der Waals surface area contributed by atoms with Crippen LogP contribution in [0.25, 0.3) is 0 Å². The maximum atomic E-state index is 3.13. The molecule has 1 aliphatic carbocycles.